The normalized spacial score (nSPS) is 19.1. The fourth-order valence-electron chi connectivity index (χ4n) is 2.35. The van der Waals surface area contributed by atoms with Gasteiger partial charge in [-0.1, -0.05) is 5.21 Å². The van der Waals surface area contributed by atoms with Crippen molar-refractivity contribution in [3.8, 4) is 0 Å². The van der Waals surface area contributed by atoms with Gasteiger partial charge in [-0.05, 0) is 19.4 Å². The number of likely N-dealkylation sites (tertiary alicyclic amines) is 1. The predicted octanol–water partition coefficient (Wildman–Crippen LogP) is -1.50. The monoisotopic (exact) mass is 280 g/mol. The lowest BCUT2D eigenvalue weighted by molar-refractivity contribution is -0.135. The smallest absolute Gasteiger partial charge is 0.244 e. The molecule has 0 spiro atoms. The summed E-state index contributed by atoms with van der Waals surface area (Å²) < 4.78 is 1.50. The van der Waals surface area contributed by atoms with Crippen LogP contribution in [0, 0.1) is 5.92 Å². The lowest BCUT2D eigenvalue weighted by Gasteiger charge is -2.31. The summed E-state index contributed by atoms with van der Waals surface area (Å²) >= 11 is 0. The lowest BCUT2D eigenvalue weighted by Crippen LogP contribution is -2.45. The SMILES string of the molecule is NCCc1cn(CC(=O)N2CCCC(C(N)=O)C2)nn1. The Morgan fingerprint density at radius 3 is 2.95 bits per heavy atom. The number of nitrogens with two attached hydrogens (primary N) is 2. The van der Waals surface area contributed by atoms with Gasteiger partial charge in [-0.15, -0.1) is 5.10 Å². The molecule has 0 radical (unpaired) electrons. The maximum absolute atomic E-state index is 12.2. The van der Waals surface area contributed by atoms with Crippen molar-refractivity contribution in [2.24, 2.45) is 17.4 Å². The molecule has 0 bridgehead atoms. The van der Waals surface area contributed by atoms with Crippen molar-refractivity contribution in [2.45, 2.75) is 25.8 Å². The number of carbonyl (C=O) groups is 2. The predicted molar refractivity (Wildman–Crippen MR) is 71.3 cm³/mol. The summed E-state index contributed by atoms with van der Waals surface area (Å²) in [5.74, 6) is -0.648. The van der Waals surface area contributed by atoms with Crippen LogP contribution in [0.5, 0.6) is 0 Å². The molecular weight excluding hydrogens is 260 g/mol. The Morgan fingerprint density at radius 1 is 1.45 bits per heavy atom. The molecule has 1 unspecified atom stereocenters. The van der Waals surface area contributed by atoms with E-state index in [-0.39, 0.29) is 24.3 Å². The molecule has 0 aliphatic carbocycles. The average Bonchev–Trinajstić information content (AvgIpc) is 2.86. The van der Waals surface area contributed by atoms with Gasteiger partial charge < -0.3 is 16.4 Å². The molecule has 1 aromatic rings. The van der Waals surface area contributed by atoms with Crippen LogP contribution in [0.2, 0.25) is 0 Å². The van der Waals surface area contributed by atoms with Gasteiger partial charge in [0.05, 0.1) is 11.6 Å². The fourth-order valence-corrected chi connectivity index (χ4v) is 2.35. The first-order valence-corrected chi connectivity index (χ1v) is 6.76. The zero-order valence-electron chi connectivity index (χ0n) is 11.4. The van der Waals surface area contributed by atoms with Crippen molar-refractivity contribution in [1.82, 2.24) is 19.9 Å². The average molecular weight is 280 g/mol. The minimum atomic E-state index is -0.339. The molecule has 1 aromatic heterocycles. The standard InChI is InChI=1S/C12H20N6O2/c13-4-3-10-7-18(16-15-10)8-11(19)17-5-1-2-9(6-17)12(14)20/h7,9H,1-6,8,13H2,(H2,14,20). The van der Waals surface area contributed by atoms with Crippen LogP contribution in [0.25, 0.3) is 0 Å². The number of aromatic nitrogens is 3. The third-order valence-electron chi connectivity index (χ3n) is 3.46. The van der Waals surface area contributed by atoms with Crippen LogP contribution in [0.4, 0.5) is 0 Å². The van der Waals surface area contributed by atoms with Gasteiger partial charge in [0.25, 0.3) is 0 Å². The van der Waals surface area contributed by atoms with Crippen molar-refractivity contribution >= 4 is 11.8 Å². The molecule has 8 nitrogen and oxygen atoms in total. The van der Waals surface area contributed by atoms with E-state index < -0.39 is 0 Å². The van der Waals surface area contributed by atoms with E-state index in [1.807, 2.05) is 0 Å². The van der Waals surface area contributed by atoms with Gasteiger partial charge in [-0.2, -0.15) is 0 Å². The molecule has 0 aromatic carbocycles. The summed E-state index contributed by atoms with van der Waals surface area (Å²) in [6, 6.07) is 0. The van der Waals surface area contributed by atoms with Crippen molar-refractivity contribution < 1.29 is 9.59 Å². The van der Waals surface area contributed by atoms with Crippen LogP contribution in [0.1, 0.15) is 18.5 Å². The number of rotatable bonds is 5. The van der Waals surface area contributed by atoms with E-state index in [9.17, 15) is 9.59 Å². The van der Waals surface area contributed by atoms with E-state index in [2.05, 4.69) is 10.3 Å². The summed E-state index contributed by atoms with van der Waals surface area (Å²) in [7, 11) is 0. The number of hydrogen-bond donors (Lipinski definition) is 2. The molecular formula is C12H20N6O2. The Morgan fingerprint density at radius 2 is 2.25 bits per heavy atom. The largest absolute Gasteiger partial charge is 0.369 e. The fraction of sp³-hybridized carbons (Fsp3) is 0.667. The number of nitrogens with zero attached hydrogens (tertiary/aromatic N) is 4. The molecule has 1 saturated heterocycles. The van der Waals surface area contributed by atoms with Gasteiger partial charge in [-0.3, -0.25) is 9.59 Å². The topological polar surface area (TPSA) is 120 Å². The van der Waals surface area contributed by atoms with Crippen molar-refractivity contribution in [1.29, 1.82) is 0 Å². The lowest BCUT2D eigenvalue weighted by atomic mass is 9.97. The van der Waals surface area contributed by atoms with Gasteiger partial charge in [-0.25, -0.2) is 4.68 Å². The molecule has 1 aliphatic heterocycles. The highest BCUT2D eigenvalue weighted by molar-refractivity contribution is 5.80. The highest BCUT2D eigenvalue weighted by atomic mass is 16.2. The number of primary amides is 1. The minimum absolute atomic E-state index is 0.0693. The van der Waals surface area contributed by atoms with E-state index in [1.54, 1.807) is 11.1 Å². The van der Waals surface area contributed by atoms with E-state index in [1.165, 1.54) is 4.68 Å². The molecule has 2 heterocycles. The molecule has 8 heteroatoms. The quantitative estimate of drug-likeness (QED) is 0.680. The third-order valence-corrected chi connectivity index (χ3v) is 3.46. The Hall–Kier alpha value is -1.96. The maximum Gasteiger partial charge on any atom is 0.244 e. The Bertz CT molecular complexity index is 486. The van der Waals surface area contributed by atoms with Gasteiger partial charge in [0.1, 0.15) is 6.54 Å². The van der Waals surface area contributed by atoms with Gasteiger partial charge in [0.2, 0.25) is 11.8 Å². The second-order valence-corrected chi connectivity index (χ2v) is 5.03. The highest BCUT2D eigenvalue weighted by Gasteiger charge is 2.27. The Kier molecular flexibility index (Phi) is 4.67. The van der Waals surface area contributed by atoms with Crippen LogP contribution < -0.4 is 11.5 Å². The summed E-state index contributed by atoms with van der Waals surface area (Å²) in [5.41, 5.74) is 11.5. The summed E-state index contributed by atoms with van der Waals surface area (Å²) in [6.07, 6.45) is 3.92. The third kappa shape index (κ3) is 3.53. The Labute approximate surface area is 117 Å². The second-order valence-electron chi connectivity index (χ2n) is 5.03. The van der Waals surface area contributed by atoms with Crippen LogP contribution in [0.3, 0.4) is 0 Å². The molecule has 1 fully saturated rings. The number of amides is 2. The maximum atomic E-state index is 12.2. The molecule has 110 valence electrons. The first-order chi connectivity index (χ1) is 9.60. The highest BCUT2D eigenvalue weighted by Crippen LogP contribution is 2.16. The number of hydrogen-bond acceptors (Lipinski definition) is 5. The van der Waals surface area contributed by atoms with Crippen LogP contribution in [-0.2, 0) is 22.6 Å². The molecule has 2 rings (SSSR count). The minimum Gasteiger partial charge on any atom is -0.369 e. The molecule has 2 amide bonds. The molecule has 20 heavy (non-hydrogen) atoms. The van der Waals surface area contributed by atoms with Gasteiger partial charge in [0.15, 0.2) is 0 Å². The van der Waals surface area contributed by atoms with Gasteiger partial charge in [0, 0.05) is 25.7 Å². The van der Waals surface area contributed by atoms with Crippen molar-refractivity contribution in [3.63, 3.8) is 0 Å². The number of piperidine rings is 1. The molecule has 4 N–H and O–H groups in total. The van der Waals surface area contributed by atoms with E-state index >= 15 is 0 Å². The zero-order valence-corrected chi connectivity index (χ0v) is 11.4. The van der Waals surface area contributed by atoms with Crippen molar-refractivity contribution in [3.05, 3.63) is 11.9 Å². The van der Waals surface area contributed by atoms with Gasteiger partial charge >= 0.3 is 0 Å². The van der Waals surface area contributed by atoms with E-state index in [0.717, 1.165) is 18.5 Å². The molecule has 1 atom stereocenters. The van der Waals surface area contributed by atoms with Crippen LogP contribution in [0.15, 0.2) is 6.20 Å². The van der Waals surface area contributed by atoms with Crippen LogP contribution >= 0.6 is 0 Å². The summed E-state index contributed by atoms with van der Waals surface area (Å²) in [4.78, 5) is 25.0. The van der Waals surface area contributed by atoms with E-state index in [4.69, 9.17) is 11.5 Å². The zero-order chi connectivity index (χ0) is 14.5. The second kappa shape index (κ2) is 6.47. The van der Waals surface area contributed by atoms with E-state index in [0.29, 0.717) is 26.1 Å². The van der Waals surface area contributed by atoms with Crippen LogP contribution in [-0.4, -0.2) is 51.3 Å². The summed E-state index contributed by atoms with van der Waals surface area (Å²) in [6.45, 7) is 1.69. The molecule has 1 aliphatic rings. The number of carbonyl (C=O) groups excluding carboxylic acids is 2. The summed E-state index contributed by atoms with van der Waals surface area (Å²) in [5, 5.41) is 7.83. The Balaban J connectivity index is 1.91. The molecule has 0 saturated carbocycles. The first-order valence-electron chi connectivity index (χ1n) is 6.76. The van der Waals surface area contributed by atoms with Crippen molar-refractivity contribution in [2.75, 3.05) is 19.6 Å². The first kappa shape index (κ1) is 14.4.